The molecule has 0 aromatic heterocycles. The van der Waals surface area contributed by atoms with E-state index in [2.05, 4.69) is 4.72 Å². The molecule has 0 amide bonds. The average molecular weight is 292 g/mol. The van der Waals surface area contributed by atoms with Crippen molar-refractivity contribution in [3.63, 3.8) is 0 Å². The van der Waals surface area contributed by atoms with Gasteiger partial charge >= 0.3 is 0 Å². The molecular weight excluding hydrogens is 272 g/mol. The van der Waals surface area contributed by atoms with Crippen molar-refractivity contribution in [2.24, 2.45) is 23.7 Å². The molecule has 4 atom stereocenters. The molecule has 20 heavy (non-hydrogen) atoms. The molecule has 0 heterocycles. The number of rotatable bonds is 4. The Hall–Kier alpha value is -1.07. The largest absolute Gasteiger partial charge is 0.398 e. The molecule has 2 bridgehead atoms. The lowest BCUT2D eigenvalue weighted by molar-refractivity contribution is 0.456. The molecular formula is C15H20N2O2S. The Balaban J connectivity index is 1.45. The Bertz CT molecular complexity index is 627. The number of hydrogen-bond acceptors (Lipinski definition) is 3. The Morgan fingerprint density at radius 2 is 1.80 bits per heavy atom. The maximum atomic E-state index is 12.3. The summed E-state index contributed by atoms with van der Waals surface area (Å²) in [5, 5.41) is 0. The number of benzene rings is 1. The van der Waals surface area contributed by atoms with Crippen molar-refractivity contribution in [2.45, 2.75) is 31.1 Å². The number of nitrogens with two attached hydrogens (primary N) is 1. The van der Waals surface area contributed by atoms with Crippen LogP contribution in [0.15, 0.2) is 24.3 Å². The maximum Gasteiger partial charge on any atom is 0.216 e. The molecule has 3 aliphatic rings. The molecule has 5 heteroatoms. The van der Waals surface area contributed by atoms with E-state index in [4.69, 9.17) is 5.73 Å². The van der Waals surface area contributed by atoms with Crippen LogP contribution < -0.4 is 10.5 Å². The van der Waals surface area contributed by atoms with Crippen molar-refractivity contribution < 1.29 is 8.42 Å². The van der Waals surface area contributed by atoms with Gasteiger partial charge < -0.3 is 5.73 Å². The van der Waals surface area contributed by atoms with Crippen molar-refractivity contribution in [2.75, 3.05) is 5.73 Å². The fourth-order valence-electron chi connectivity index (χ4n) is 4.60. The first kappa shape index (κ1) is 12.7. The zero-order valence-electron chi connectivity index (χ0n) is 11.3. The number of anilines is 1. The first-order valence-electron chi connectivity index (χ1n) is 7.38. The number of sulfonamides is 1. The van der Waals surface area contributed by atoms with E-state index in [1.807, 2.05) is 12.1 Å². The third-order valence-electron chi connectivity index (χ3n) is 5.45. The lowest BCUT2D eigenvalue weighted by atomic mass is 10.0. The van der Waals surface area contributed by atoms with E-state index >= 15 is 0 Å². The minimum Gasteiger partial charge on any atom is -0.398 e. The first-order chi connectivity index (χ1) is 9.55. The molecule has 108 valence electrons. The summed E-state index contributed by atoms with van der Waals surface area (Å²) in [6.45, 7) is 0. The predicted octanol–water partition coefficient (Wildman–Crippen LogP) is 1.73. The van der Waals surface area contributed by atoms with Gasteiger partial charge in [-0.05, 0) is 54.6 Å². The molecule has 1 aromatic rings. The zero-order valence-corrected chi connectivity index (χ0v) is 12.1. The van der Waals surface area contributed by atoms with E-state index in [-0.39, 0.29) is 11.8 Å². The highest BCUT2D eigenvalue weighted by Gasteiger charge is 2.65. The number of hydrogen-bond donors (Lipinski definition) is 2. The van der Waals surface area contributed by atoms with Crippen LogP contribution in [0.5, 0.6) is 0 Å². The van der Waals surface area contributed by atoms with Crippen molar-refractivity contribution in [3.8, 4) is 0 Å². The second-order valence-corrected chi connectivity index (χ2v) is 8.34. The highest BCUT2D eigenvalue weighted by molar-refractivity contribution is 7.88. The predicted molar refractivity (Wildman–Crippen MR) is 78.2 cm³/mol. The first-order valence-corrected chi connectivity index (χ1v) is 9.04. The van der Waals surface area contributed by atoms with Crippen molar-refractivity contribution in [3.05, 3.63) is 29.8 Å². The zero-order chi connectivity index (χ0) is 13.9. The molecule has 4 unspecified atom stereocenters. The third-order valence-corrected chi connectivity index (χ3v) is 6.77. The summed E-state index contributed by atoms with van der Waals surface area (Å²) in [7, 11) is -3.28. The molecule has 4 rings (SSSR count). The Kier molecular flexibility index (Phi) is 2.67. The van der Waals surface area contributed by atoms with Gasteiger partial charge in [0.1, 0.15) is 0 Å². The normalized spacial score (nSPS) is 37.9. The van der Waals surface area contributed by atoms with E-state index in [9.17, 15) is 8.42 Å². The van der Waals surface area contributed by atoms with E-state index in [0.29, 0.717) is 23.1 Å². The Morgan fingerprint density at radius 3 is 2.45 bits per heavy atom. The van der Waals surface area contributed by atoms with Gasteiger partial charge in [-0.3, -0.25) is 0 Å². The van der Waals surface area contributed by atoms with Crippen LogP contribution in [-0.4, -0.2) is 14.5 Å². The van der Waals surface area contributed by atoms with Gasteiger partial charge in [0.15, 0.2) is 0 Å². The fourth-order valence-corrected chi connectivity index (χ4v) is 6.09. The lowest BCUT2D eigenvalue weighted by Crippen LogP contribution is -2.31. The minimum atomic E-state index is -3.28. The number of fused-ring (bicyclic) bond motifs is 5. The van der Waals surface area contributed by atoms with Gasteiger partial charge in [0.2, 0.25) is 10.0 Å². The molecule has 1 aromatic carbocycles. The molecule has 0 saturated heterocycles. The van der Waals surface area contributed by atoms with Gasteiger partial charge in [0.25, 0.3) is 0 Å². The van der Waals surface area contributed by atoms with Crippen LogP contribution >= 0.6 is 0 Å². The van der Waals surface area contributed by atoms with Crippen LogP contribution in [0.3, 0.4) is 0 Å². The summed E-state index contributed by atoms with van der Waals surface area (Å²) in [6, 6.07) is 7.38. The molecule has 3 aliphatic carbocycles. The van der Waals surface area contributed by atoms with E-state index in [1.165, 1.54) is 19.3 Å². The topological polar surface area (TPSA) is 72.2 Å². The Morgan fingerprint density at radius 1 is 1.15 bits per heavy atom. The quantitative estimate of drug-likeness (QED) is 0.830. The van der Waals surface area contributed by atoms with Gasteiger partial charge in [0, 0.05) is 11.7 Å². The smallest absolute Gasteiger partial charge is 0.216 e. The van der Waals surface area contributed by atoms with Crippen LogP contribution in [0.4, 0.5) is 5.69 Å². The summed E-state index contributed by atoms with van der Waals surface area (Å²) in [4.78, 5) is 0. The van der Waals surface area contributed by atoms with E-state index in [0.717, 1.165) is 11.8 Å². The Labute approximate surface area is 119 Å². The van der Waals surface area contributed by atoms with E-state index in [1.54, 1.807) is 12.1 Å². The molecule has 0 aliphatic heterocycles. The number of para-hydroxylation sites is 1. The van der Waals surface area contributed by atoms with Crippen LogP contribution in [-0.2, 0) is 15.8 Å². The standard InChI is InChI=1S/C15H20N2O2S/c16-12-4-2-1-3-11(12)8-20(18,19)17-15-13-9-5-6-10(7-9)14(13)15/h1-4,9-10,13-15,17H,5-8,16H2. The van der Waals surface area contributed by atoms with Crippen molar-refractivity contribution in [1.82, 2.24) is 4.72 Å². The van der Waals surface area contributed by atoms with Crippen molar-refractivity contribution >= 4 is 15.7 Å². The van der Waals surface area contributed by atoms with Crippen LogP contribution in [0.2, 0.25) is 0 Å². The maximum absolute atomic E-state index is 12.3. The third kappa shape index (κ3) is 1.95. The fraction of sp³-hybridized carbons (Fsp3) is 0.600. The minimum absolute atomic E-state index is 0.00898. The summed E-state index contributed by atoms with van der Waals surface area (Å²) < 4.78 is 27.5. The molecule has 3 saturated carbocycles. The molecule has 3 N–H and O–H groups in total. The highest BCUT2D eigenvalue weighted by Crippen LogP contribution is 2.65. The molecule has 4 nitrogen and oxygen atoms in total. The molecule has 0 spiro atoms. The van der Waals surface area contributed by atoms with Gasteiger partial charge in [-0.2, -0.15) is 0 Å². The van der Waals surface area contributed by atoms with Gasteiger partial charge in [-0.15, -0.1) is 0 Å². The lowest BCUT2D eigenvalue weighted by Gasteiger charge is -2.12. The number of nitrogen functional groups attached to an aromatic ring is 1. The highest BCUT2D eigenvalue weighted by atomic mass is 32.2. The summed E-state index contributed by atoms with van der Waals surface area (Å²) in [5.41, 5.74) is 7.07. The van der Waals surface area contributed by atoms with E-state index < -0.39 is 10.0 Å². The molecule has 3 fully saturated rings. The van der Waals surface area contributed by atoms with Crippen LogP contribution in [0.1, 0.15) is 24.8 Å². The summed E-state index contributed by atoms with van der Waals surface area (Å²) in [5.74, 6) is 2.79. The van der Waals surface area contributed by atoms with Gasteiger partial charge in [-0.1, -0.05) is 18.2 Å². The van der Waals surface area contributed by atoms with Crippen molar-refractivity contribution in [1.29, 1.82) is 0 Å². The average Bonchev–Trinajstić information content (AvgIpc) is 2.81. The van der Waals surface area contributed by atoms with Crippen LogP contribution in [0, 0.1) is 23.7 Å². The van der Waals surface area contributed by atoms with Gasteiger partial charge in [-0.25, -0.2) is 13.1 Å². The second-order valence-electron chi connectivity index (χ2n) is 6.59. The SMILES string of the molecule is Nc1ccccc1CS(=O)(=O)NC1C2C3CCC(C3)C12. The van der Waals surface area contributed by atoms with Gasteiger partial charge in [0.05, 0.1) is 5.75 Å². The second kappa shape index (κ2) is 4.21. The summed E-state index contributed by atoms with van der Waals surface area (Å²) >= 11 is 0. The number of nitrogens with one attached hydrogen (secondary N) is 1. The molecule has 0 radical (unpaired) electrons. The summed E-state index contributed by atoms with van der Waals surface area (Å²) in [6.07, 6.45) is 3.94. The monoisotopic (exact) mass is 292 g/mol. The van der Waals surface area contributed by atoms with Crippen LogP contribution in [0.25, 0.3) is 0 Å².